The lowest BCUT2D eigenvalue weighted by molar-refractivity contribution is 1.39. The van der Waals surface area contributed by atoms with E-state index in [1.807, 2.05) is 31.9 Å². The fraction of sp³-hybridized carbons (Fsp3) is 0.143. The second-order valence-corrected chi connectivity index (χ2v) is 1.61. The van der Waals surface area contributed by atoms with Crippen LogP contribution in [-0.2, 0) is 0 Å². The molecule has 8 heavy (non-hydrogen) atoms. The van der Waals surface area contributed by atoms with E-state index in [4.69, 9.17) is 0 Å². The molecule has 1 fully saturated rings. The summed E-state index contributed by atoms with van der Waals surface area (Å²) in [6.45, 7) is 0. The van der Waals surface area contributed by atoms with Crippen LogP contribution >= 0.6 is 0 Å². The average Bonchev–Trinajstić information content (AvgIpc) is 2.19. The van der Waals surface area contributed by atoms with Crippen molar-refractivity contribution < 1.29 is 0 Å². The maximum absolute atomic E-state index is 3.85. The Balaban J connectivity index is 2.24. The van der Waals surface area contributed by atoms with Gasteiger partial charge in [0.1, 0.15) is 0 Å². The van der Waals surface area contributed by atoms with Crippen LogP contribution in [0.2, 0.25) is 0 Å². The van der Waals surface area contributed by atoms with Gasteiger partial charge in [-0.25, -0.2) is 0 Å². The molecule has 1 nitrogen and oxygen atoms in total. The van der Waals surface area contributed by atoms with Crippen LogP contribution in [0.15, 0.2) is 4.99 Å². The normalized spacial score (nSPS) is 23.1. The molecular weight excluding hydrogens is 98.1 g/mol. The molecule has 0 aliphatic heterocycles. The Morgan fingerprint density at radius 1 is 1.38 bits per heavy atom. The SMILES string of the molecule is CN=C[C]1[CH][CH][CH][CH]1. The lowest BCUT2D eigenvalue weighted by Gasteiger charge is -1.93. The van der Waals surface area contributed by atoms with Crippen molar-refractivity contribution in [3.05, 3.63) is 31.6 Å². The quantitative estimate of drug-likeness (QED) is 0.444. The van der Waals surface area contributed by atoms with Crippen LogP contribution in [-0.4, -0.2) is 13.3 Å². The van der Waals surface area contributed by atoms with Crippen LogP contribution < -0.4 is 0 Å². The van der Waals surface area contributed by atoms with Crippen molar-refractivity contribution in [1.29, 1.82) is 0 Å². The molecule has 1 aliphatic rings. The topological polar surface area (TPSA) is 12.4 Å². The van der Waals surface area contributed by atoms with Crippen LogP contribution in [0.25, 0.3) is 0 Å². The molecule has 0 amide bonds. The largest absolute Gasteiger partial charge is 0.300 e. The summed E-state index contributed by atoms with van der Waals surface area (Å²) in [5, 5.41) is 0. The number of aliphatic imine (C=N–C) groups is 1. The minimum absolute atomic E-state index is 1.17. The van der Waals surface area contributed by atoms with Gasteiger partial charge in [-0.1, -0.05) is 0 Å². The second kappa shape index (κ2) is 2.85. The smallest absolute Gasteiger partial charge is 0.0273 e. The highest BCUT2D eigenvalue weighted by Crippen LogP contribution is 2.20. The zero-order valence-corrected chi connectivity index (χ0v) is 4.83. The number of hydrogen-bond acceptors (Lipinski definition) is 1. The monoisotopic (exact) mass is 106 g/mol. The van der Waals surface area contributed by atoms with E-state index in [0.717, 1.165) is 0 Å². The molecule has 41 valence electrons. The summed E-state index contributed by atoms with van der Waals surface area (Å²) in [6.07, 6.45) is 9.87. The molecule has 1 saturated carbocycles. The van der Waals surface area contributed by atoms with Gasteiger partial charge in [0.2, 0.25) is 0 Å². The van der Waals surface area contributed by atoms with E-state index in [2.05, 4.69) is 4.99 Å². The van der Waals surface area contributed by atoms with Gasteiger partial charge in [-0.3, -0.25) is 0 Å². The van der Waals surface area contributed by atoms with E-state index >= 15 is 0 Å². The van der Waals surface area contributed by atoms with Crippen LogP contribution in [0, 0.1) is 31.6 Å². The van der Waals surface area contributed by atoms with E-state index in [9.17, 15) is 0 Å². The highest BCUT2D eigenvalue weighted by molar-refractivity contribution is 5.82. The fourth-order valence-electron chi connectivity index (χ4n) is 0.624. The van der Waals surface area contributed by atoms with Crippen LogP contribution in [0.3, 0.4) is 0 Å². The van der Waals surface area contributed by atoms with Crippen molar-refractivity contribution in [3.63, 3.8) is 0 Å². The Hall–Kier alpha value is -0.330. The minimum Gasteiger partial charge on any atom is -0.300 e. The van der Waals surface area contributed by atoms with Crippen molar-refractivity contribution in [3.8, 4) is 0 Å². The molecule has 1 aliphatic carbocycles. The zero-order chi connectivity index (χ0) is 5.82. The molecule has 0 aromatic rings. The van der Waals surface area contributed by atoms with Gasteiger partial charge in [0, 0.05) is 19.2 Å². The highest BCUT2D eigenvalue weighted by Gasteiger charge is 2.13. The summed E-state index contributed by atoms with van der Waals surface area (Å²) in [5.41, 5.74) is 0. The predicted octanol–water partition coefficient (Wildman–Crippen LogP) is 1.09. The van der Waals surface area contributed by atoms with Crippen molar-refractivity contribution in [2.45, 2.75) is 0 Å². The van der Waals surface area contributed by atoms with Crippen LogP contribution in [0.5, 0.6) is 0 Å². The summed E-state index contributed by atoms with van der Waals surface area (Å²) in [6, 6.07) is 0. The maximum atomic E-state index is 3.85. The molecule has 1 heteroatoms. The second-order valence-electron chi connectivity index (χ2n) is 1.61. The molecule has 5 radical (unpaired) electrons. The van der Waals surface area contributed by atoms with Gasteiger partial charge in [-0.15, -0.1) is 0 Å². The lowest BCUT2D eigenvalue weighted by Crippen LogP contribution is -1.90. The lowest BCUT2D eigenvalue weighted by atomic mass is 10.1. The van der Waals surface area contributed by atoms with Crippen LogP contribution in [0.4, 0.5) is 0 Å². The first kappa shape index (κ1) is 5.80. The predicted molar refractivity (Wildman–Crippen MR) is 34.9 cm³/mol. The summed E-state index contributed by atoms with van der Waals surface area (Å²) in [7, 11) is 1.77. The Kier molecular flexibility index (Phi) is 2.07. The molecule has 0 spiro atoms. The van der Waals surface area contributed by atoms with Crippen molar-refractivity contribution >= 4 is 6.21 Å². The van der Waals surface area contributed by atoms with Crippen molar-refractivity contribution in [2.24, 2.45) is 4.99 Å². The van der Waals surface area contributed by atoms with Gasteiger partial charge >= 0.3 is 0 Å². The van der Waals surface area contributed by atoms with E-state index in [-0.39, 0.29) is 0 Å². The standard InChI is InChI=1S/C7H8N/c1-8-6-7-4-2-3-5-7/h2-6H,1H3. The first-order valence-corrected chi connectivity index (χ1v) is 2.57. The molecule has 1 rings (SSSR count). The molecule has 0 heterocycles. The Morgan fingerprint density at radius 3 is 2.50 bits per heavy atom. The van der Waals surface area contributed by atoms with Gasteiger partial charge in [0.05, 0.1) is 0 Å². The Labute approximate surface area is 50.8 Å². The Morgan fingerprint density at radius 2 is 2.00 bits per heavy atom. The maximum Gasteiger partial charge on any atom is 0.0273 e. The van der Waals surface area contributed by atoms with Gasteiger partial charge in [0.15, 0.2) is 0 Å². The summed E-state index contributed by atoms with van der Waals surface area (Å²) in [4.78, 5) is 3.85. The van der Waals surface area contributed by atoms with Gasteiger partial charge < -0.3 is 4.99 Å². The number of rotatable bonds is 1. The molecule has 0 saturated heterocycles. The third kappa shape index (κ3) is 1.32. The minimum atomic E-state index is 1.17. The van der Waals surface area contributed by atoms with Gasteiger partial charge in [0.25, 0.3) is 0 Å². The summed E-state index contributed by atoms with van der Waals surface area (Å²) < 4.78 is 0. The molecule has 0 unspecified atom stereocenters. The van der Waals surface area contributed by atoms with Gasteiger partial charge in [-0.2, -0.15) is 0 Å². The molecule has 0 bridgehead atoms. The number of hydrogen-bond donors (Lipinski definition) is 0. The van der Waals surface area contributed by atoms with E-state index in [0.29, 0.717) is 0 Å². The average molecular weight is 106 g/mol. The molecule has 0 N–H and O–H groups in total. The molecule has 0 aromatic carbocycles. The third-order valence-corrected chi connectivity index (χ3v) is 0.967. The zero-order valence-electron chi connectivity index (χ0n) is 4.83. The molecular formula is C7H8N. The van der Waals surface area contributed by atoms with Crippen molar-refractivity contribution in [1.82, 2.24) is 0 Å². The first-order valence-electron chi connectivity index (χ1n) is 2.57. The van der Waals surface area contributed by atoms with Crippen LogP contribution in [0.1, 0.15) is 0 Å². The molecule has 0 aromatic heterocycles. The fourth-order valence-corrected chi connectivity index (χ4v) is 0.624. The van der Waals surface area contributed by atoms with E-state index in [1.54, 1.807) is 7.05 Å². The molecule has 0 atom stereocenters. The van der Waals surface area contributed by atoms with E-state index < -0.39 is 0 Å². The van der Waals surface area contributed by atoms with Gasteiger partial charge in [-0.05, 0) is 25.7 Å². The number of nitrogens with zero attached hydrogens (tertiary/aromatic N) is 1. The highest BCUT2D eigenvalue weighted by atomic mass is 14.6. The van der Waals surface area contributed by atoms with E-state index in [1.165, 1.54) is 5.92 Å². The Bertz CT molecular complexity index is 80.4. The first-order chi connectivity index (χ1) is 3.93. The van der Waals surface area contributed by atoms with Crippen molar-refractivity contribution in [2.75, 3.05) is 7.05 Å². The third-order valence-electron chi connectivity index (χ3n) is 0.967. The summed E-state index contributed by atoms with van der Waals surface area (Å²) >= 11 is 0. The summed E-state index contributed by atoms with van der Waals surface area (Å²) in [5.74, 6) is 1.17.